The van der Waals surface area contributed by atoms with E-state index in [2.05, 4.69) is 189 Å². The van der Waals surface area contributed by atoms with Gasteiger partial charge in [0.15, 0.2) is 17.5 Å². The molecule has 0 saturated carbocycles. The molecule has 1 aliphatic heterocycles. The van der Waals surface area contributed by atoms with Crippen LogP contribution < -0.4 is 10.4 Å². The highest BCUT2D eigenvalue weighted by Gasteiger charge is 2.40. The summed E-state index contributed by atoms with van der Waals surface area (Å²) in [7, 11) is -2.05. The fraction of sp³-hybridized carbons (Fsp3) is 0.0408. The summed E-state index contributed by atoms with van der Waals surface area (Å²) in [5, 5.41) is 8.02. The van der Waals surface area contributed by atoms with E-state index in [9.17, 15) is 0 Å². The second kappa shape index (κ2) is 12.3. The molecule has 0 saturated heterocycles. The third-order valence-electron chi connectivity index (χ3n) is 10.9. The Kier molecular flexibility index (Phi) is 7.27. The molecule has 10 rings (SSSR count). The Morgan fingerprint density at radius 2 is 0.868 bits per heavy atom. The maximum atomic E-state index is 5.34. The lowest BCUT2D eigenvalue weighted by atomic mass is 9.96. The van der Waals surface area contributed by atoms with Gasteiger partial charge in [-0.3, -0.25) is 0 Å². The van der Waals surface area contributed by atoms with Crippen LogP contribution in [0.5, 0.6) is 0 Å². The van der Waals surface area contributed by atoms with E-state index in [1.807, 2.05) is 0 Å². The van der Waals surface area contributed by atoms with Crippen LogP contribution in [0.3, 0.4) is 0 Å². The molecule has 2 heterocycles. The Labute approximate surface area is 310 Å². The van der Waals surface area contributed by atoms with Gasteiger partial charge in [-0.2, -0.15) is 0 Å². The first-order chi connectivity index (χ1) is 26.0. The molecule has 8 aromatic carbocycles. The second-order valence-corrected chi connectivity index (χ2v) is 18.7. The standard InChI is InChI=1S/C49H35N3Si/c1-53(2)44-25-13-24-43(45(44)42-31-30-34-17-7-9-21-40(34)46(42)53)49-51-47(50-48(52-49)41-22-11-10-20-39(41)32-14-4-3-5-15-32)36-28-26-35(27-29-36)38-23-12-18-33-16-6-8-19-37(33)38/h3-31H,1-2H3. The third-order valence-corrected chi connectivity index (χ3v) is 14.5. The number of fused-ring (bicyclic) bond motifs is 6. The van der Waals surface area contributed by atoms with Crippen molar-refractivity contribution in [1.82, 2.24) is 15.0 Å². The van der Waals surface area contributed by atoms with Gasteiger partial charge in [-0.25, -0.2) is 15.0 Å². The van der Waals surface area contributed by atoms with Crippen LogP contribution in [0.15, 0.2) is 176 Å². The zero-order chi connectivity index (χ0) is 35.5. The number of hydrogen-bond donors (Lipinski definition) is 0. The van der Waals surface area contributed by atoms with Gasteiger partial charge < -0.3 is 0 Å². The summed E-state index contributed by atoms with van der Waals surface area (Å²) in [4.78, 5) is 15.9. The second-order valence-electron chi connectivity index (χ2n) is 14.4. The van der Waals surface area contributed by atoms with Gasteiger partial charge in [0.2, 0.25) is 0 Å². The highest BCUT2D eigenvalue weighted by Crippen LogP contribution is 2.39. The van der Waals surface area contributed by atoms with Crippen LogP contribution in [-0.2, 0) is 0 Å². The Morgan fingerprint density at radius 3 is 1.66 bits per heavy atom. The number of benzene rings is 8. The van der Waals surface area contributed by atoms with Crippen LogP contribution >= 0.6 is 0 Å². The largest absolute Gasteiger partial charge is 0.208 e. The minimum absolute atomic E-state index is 0.656. The van der Waals surface area contributed by atoms with E-state index in [0.717, 1.165) is 33.4 Å². The summed E-state index contributed by atoms with van der Waals surface area (Å²) in [6.07, 6.45) is 0. The van der Waals surface area contributed by atoms with Crippen molar-refractivity contribution in [2.75, 3.05) is 0 Å². The molecule has 1 aromatic heterocycles. The maximum absolute atomic E-state index is 5.34. The lowest BCUT2D eigenvalue weighted by Gasteiger charge is -2.20. The van der Waals surface area contributed by atoms with Crippen molar-refractivity contribution in [2.45, 2.75) is 13.1 Å². The van der Waals surface area contributed by atoms with Gasteiger partial charge in [0.25, 0.3) is 0 Å². The summed E-state index contributed by atoms with van der Waals surface area (Å²) in [6.45, 7) is 4.96. The van der Waals surface area contributed by atoms with E-state index in [-0.39, 0.29) is 0 Å². The van der Waals surface area contributed by atoms with Crippen LogP contribution in [0.1, 0.15) is 0 Å². The van der Waals surface area contributed by atoms with Gasteiger partial charge in [-0.1, -0.05) is 189 Å². The van der Waals surface area contributed by atoms with Crippen LogP contribution in [0.4, 0.5) is 0 Å². The van der Waals surface area contributed by atoms with Gasteiger partial charge in [0, 0.05) is 16.7 Å². The monoisotopic (exact) mass is 693 g/mol. The average Bonchev–Trinajstić information content (AvgIpc) is 3.47. The van der Waals surface area contributed by atoms with Crippen molar-refractivity contribution < 1.29 is 0 Å². The summed E-state index contributed by atoms with van der Waals surface area (Å²) in [5.41, 5.74) is 10.1. The van der Waals surface area contributed by atoms with Crippen molar-refractivity contribution in [2.24, 2.45) is 0 Å². The number of hydrogen-bond acceptors (Lipinski definition) is 3. The molecule has 0 unspecified atom stereocenters. The van der Waals surface area contributed by atoms with Crippen LogP contribution in [0.2, 0.25) is 13.1 Å². The number of nitrogens with zero attached hydrogens (tertiary/aromatic N) is 3. The molecule has 0 aliphatic carbocycles. The predicted octanol–water partition coefficient (Wildman–Crippen LogP) is 11.3. The molecule has 0 fully saturated rings. The first-order valence-electron chi connectivity index (χ1n) is 18.2. The van der Waals surface area contributed by atoms with E-state index in [4.69, 9.17) is 15.0 Å². The summed E-state index contributed by atoms with van der Waals surface area (Å²) >= 11 is 0. The summed E-state index contributed by atoms with van der Waals surface area (Å²) in [6, 6.07) is 62.8. The molecule has 1 aliphatic rings. The third kappa shape index (κ3) is 5.14. The minimum Gasteiger partial charge on any atom is -0.208 e. The van der Waals surface area contributed by atoms with E-state index < -0.39 is 8.07 Å². The Hall–Kier alpha value is -6.49. The van der Waals surface area contributed by atoms with Crippen molar-refractivity contribution in [3.05, 3.63) is 176 Å². The van der Waals surface area contributed by atoms with E-state index in [0.29, 0.717) is 17.5 Å². The average molecular weight is 694 g/mol. The van der Waals surface area contributed by atoms with Crippen molar-refractivity contribution in [3.8, 4) is 67.5 Å². The molecule has 0 atom stereocenters. The molecule has 0 amide bonds. The normalized spacial score (nSPS) is 12.9. The molecule has 3 nitrogen and oxygen atoms in total. The van der Waals surface area contributed by atoms with Crippen molar-refractivity contribution in [1.29, 1.82) is 0 Å². The smallest absolute Gasteiger partial charge is 0.164 e. The van der Waals surface area contributed by atoms with E-state index >= 15 is 0 Å². The molecular weight excluding hydrogens is 659 g/mol. The molecule has 0 bridgehead atoms. The quantitative estimate of drug-likeness (QED) is 0.168. The molecule has 0 N–H and O–H groups in total. The highest BCUT2D eigenvalue weighted by atomic mass is 28.3. The number of rotatable bonds is 5. The zero-order valence-corrected chi connectivity index (χ0v) is 30.6. The zero-order valence-electron chi connectivity index (χ0n) is 29.6. The lowest BCUT2D eigenvalue weighted by molar-refractivity contribution is 1.08. The molecule has 0 spiro atoms. The molecule has 9 aromatic rings. The number of aromatic nitrogens is 3. The van der Waals surface area contributed by atoms with Crippen LogP contribution in [0, 0.1) is 0 Å². The van der Waals surface area contributed by atoms with Crippen molar-refractivity contribution >= 4 is 40.0 Å². The van der Waals surface area contributed by atoms with Gasteiger partial charge in [0.1, 0.15) is 8.07 Å². The van der Waals surface area contributed by atoms with Crippen molar-refractivity contribution in [3.63, 3.8) is 0 Å². The summed E-state index contributed by atoms with van der Waals surface area (Å²) < 4.78 is 0. The molecule has 250 valence electrons. The molecule has 0 radical (unpaired) electrons. The molecule has 4 heteroatoms. The van der Waals surface area contributed by atoms with E-state index in [1.165, 1.54) is 48.6 Å². The first-order valence-corrected chi connectivity index (χ1v) is 21.2. The highest BCUT2D eigenvalue weighted by molar-refractivity contribution is 7.05. The Morgan fingerprint density at radius 1 is 0.340 bits per heavy atom. The molecule has 53 heavy (non-hydrogen) atoms. The van der Waals surface area contributed by atoms with Gasteiger partial charge >= 0.3 is 0 Å². The Balaban J connectivity index is 1.19. The summed E-state index contributed by atoms with van der Waals surface area (Å²) in [5.74, 6) is 2.00. The van der Waals surface area contributed by atoms with Gasteiger partial charge in [0.05, 0.1) is 0 Å². The minimum atomic E-state index is -2.05. The molecular formula is C49H35N3Si. The first kappa shape index (κ1) is 31.3. The SMILES string of the molecule is C[Si]1(C)c2cccc(-c3nc(-c4ccc(-c5cccc6ccccc56)cc4)nc(-c4ccccc4-c4ccccc4)n3)c2-c2ccc3ccccc3c21. The van der Waals surface area contributed by atoms with Crippen LogP contribution in [0.25, 0.3) is 89.1 Å². The Bertz CT molecular complexity index is 2850. The van der Waals surface area contributed by atoms with Crippen LogP contribution in [-0.4, -0.2) is 23.0 Å². The maximum Gasteiger partial charge on any atom is 0.164 e. The topological polar surface area (TPSA) is 38.7 Å². The van der Waals surface area contributed by atoms with Gasteiger partial charge in [-0.05, 0) is 65.3 Å². The van der Waals surface area contributed by atoms with E-state index in [1.54, 1.807) is 0 Å². The predicted molar refractivity (Wildman–Crippen MR) is 224 cm³/mol. The fourth-order valence-electron chi connectivity index (χ4n) is 8.41. The van der Waals surface area contributed by atoms with Gasteiger partial charge in [-0.15, -0.1) is 0 Å². The lowest BCUT2D eigenvalue weighted by Crippen LogP contribution is -2.49. The fourth-order valence-corrected chi connectivity index (χ4v) is 11.9.